The molecule has 0 saturated carbocycles. The van der Waals surface area contributed by atoms with E-state index in [1.165, 1.54) is 23.5 Å². The summed E-state index contributed by atoms with van der Waals surface area (Å²) in [5, 5.41) is 12.3. The van der Waals surface area contributed by atoms with E-state index in [9.17, 15) is 23.1 Å². The Morgan fingerprint density at radius 3 is 2.63 bits per heavy atom. The Morgan fingerprint density at radius 2 is 2.00 bits per heavy atom. The van der Waals surface area contributed by atoms with Crippen LogP contribution < -0.4 is 10.2 Å². The molecule has 2 aliphatic heterocycles. The maximum Gasteiger partial charge on any atom is 0.243 e. The average Bonchev–Trinajstić information content (AvgIpc) is 3.18. The molecule has 1 aromatic rings. The fraction of sp³-hybridized carbons (Fsp3) is 0.600. The van der Waals surface area contributed by atoms with Crippen molar-refractivity contribution in [3.8, 4) is 0 Å². The zero-order chi connectivity index (χ0) is 21.7. The number of piperidine rings is 1. The number of hydrogen-bond donors (Lipinski definition) is 2. The number of nitrogens with zero attached hydrogens (tertiary/aromatic N) is 2. The van der Waals surface area contributed by atoms with Gasteiger partial charge < -0.3 is 20.1 Å². The highest BCUT2D eigenvalue weighted by Gasteiger charge is 2.33. The number of aliphatic hydroxyl groups is 1. The van der Waals surface area contributed by atoms with Gasteiger partial charge in [0.2, 0.25) is 21.8 Å². The van der Waals surface area contributed by atoms with Crippen LogP contribution in [0.1, 0.15) is 25.7 Å². The lowest BCUT2D eigenvalue weighted by atomic mass is 9.99. The van der Waals surface area contributed by atoms with Gasteiger partial charge in [-0.05, 0) is 43.5 Å². The standard InChI is InChI=1S/C20H29N3O6S/c1-29-14-17(24)12-21-20(26)15-4-2-10-22(13-15)30(27,28)18-8-6-16(7-9-18)23-11-3-5-19(23)25/h6-9,15,17,24H,2-5,10-14H2,1H3,(H,21,26)/t15-,17-/m0/s1. The van der Waals surface area contributed by atoms with Crippen LogP contribution in [0.25, 0.3) is 0 Å². The predicted octanol–water partition coefficient (Wildman–Crippen LogP) is 0.338. The maximum absolute atomic E-state index is 13.1. The molecule has 9 nitrogen and oxygen atoms in total. The number of aliphatic hydroxyl groups excluding tert-OH is 1. The molecule has 0 radical (unpaired) electrons. The van der Waals surface area contributed by atoms with Crippen molar-refractivity contribution in [2.75, 3.05) is 44.8 Å². The third-order valence-corrected chi connectivity index (χ3v) is 7.36. The molecular formula is C20H29N3O6S. The zero-order valence-corrected chi connectivity index (χ0v) is 17.9. The Morgan fingerprint density at radius 1 is 1.27 bits per heavy atom. The second-order valence-electron chi connectivity index (χ2n) is 7.70. The van der Waals surface area contributed by atoms with E-state index in [-0.39, 0.29) is 36.4 Å². The number of methoxy groups -OCH3 is 1. The average molecular weight is 440 g/mol. The third kappa shape index (κ3) is 5.18. The van der Waals surface area contributed by atoms with Gasteiger partial charge in [-0.1, -0.05) is 0 Å². The number of hydrogen-bond acceptors (Lipinski definition) is 6. The number of anilines is 1. The molecule has 2 amide bonds. The van der Waals surface area contributed by atoms with Crippen LogP contribution in [0.15, 0.2) is 29.2 Å². The number of sulfonamides is 1. The number of carbonyl (C=O) groups excluding carboxylic acids is 2. The van der Waals surface area contributed by atoms with Crippen LogP contribution in [0, 0.1) is 5.92 Å². The maximum atomic E-state index is 13.1. The molecule has 166 valence electrons. The van der Waals surface area contributed by atoms with Crippen molar-refractivity contribution in [2.45, 2.75) is 36.7 Å². The van der Waals surface area contributed by atoms with Gasteiger partial charge >= 0.3 is 0 Å². The van der Waals surface area contributed by atoms with Crippen LogP contribution in [-0.2, 0) is 24.3 Å². The molecule has 2 saturated heterocycles. The Hall–Kier alpha value is -2.01. The summed E-state index contributed by atoms with van der Waals surface area (Å²) in [6, 6.07) is 6.34. The normalized spacial score (nSPS) is 21.6. The van der Waals surface area contributed by atoms with Crippen LogP contribution >= 0.6 is 0 Å². The number of nitrogens with one attached hydrogen (secondary N) is 1. The summed E-state index contributed by atoms with van der Waals surface area (Å²) in [7, 11) is -2.28. The molecule has 0 aliphatic carbocycles. The van der Waals surface area contributed by atoms with Crippen LogP contribution in [0.4, 0.5) is 5.69 Å². The molecule has 2 aliphatic rings. The van der Waals surface area contributed by atoms with E-state index in [0.717, 1.165) is 6.42 Å². The van der Waals surface area contributed by atoms with Gasteiger partial charge in [0.25, 0.3) is 0 Å². The van der Waals surface area contributed by atoms with E-state index in [1.807, 2.05) is 0 Å². The highest BCUT2D eigenvalue weighted by molar-refractivity contribution is 7.89. The lowest BCUT2D eigenvalue weighted by Crippen LogP contribution is -2.46. The summed E-state index contributed by atoms with van der Waals surface area (Å²) in [5.74, 6) is -0.691. The van der Waals surface area contributed by atoms with Crippen molar-refractivity contribution in [3.05, 3.63) is 24.3 Å². The summed E-state index contributed by atoms with van der Waals surface area (Å²) in [6.45, 7) is 1.27. The lowest BCUT2D eigenvalue weighted by Gasteiger charge is -2.31. The monoisotopic (exact) mass is 439 g/mol. The molecule has 0 unspecified atom stereocenters. The SMILES string of the molecule is COC[C@@H](O)CNC(=O)[C@H]1CCCN(S(=O)(=O)c2ccc(N3CCCC3=O)cc2)C1. The number of amides is 2. The number of rotatable bonds is 8. The van der Waals surface area contributed by atoms with Gasteiger partial charge in [0.1, 0.15) is 0 Å². The molecule has 2 fully saturated rings. The minimum Gasteiger partial charge on any atom is -0.389 e. The van der Waals surface area contributed by atoms with Gasteiger partial charge in [-0.15, -0.1) is 0 Å². The second-order valence-corrected chi connectivity index (χ2v) is 9.64. The Labute approximate surface area is 177 Å². The number of ether oxygens (including phenoxy) is 1. The summed E-state index contributed by atoms with van der Waals surface area (Å²) in [6.07, 6.45) is 1.69. The summed E-state index contributed by atoms with van der Waals surface area (Å²) in [4.78, 5) is 26.1. The minimum atomic E-state index is -3.74. The van der Waals surface area contributed by atoms with Crippen molar-refractivity contribution < 1.29 is 27.9 Å². The molecule has 30 heavy (non-hydrogen) atoms. The molecule has 2 N–H and O–H groups in total. The molecule has 0 aromatic heterocycles. The molecule has 0 spiro atoms. The molecule has 2 atom stereocenters. The second kappa shape index (κ2) is 9.86. The number of benzene rings is 1. The van der Waals surface area contributed by atoms with Crippen LogP contribution in [0.3, 0.4) is 0 Å². The topological polar surface area (TPSA) is 116 Å². The zero-order valence-electron chi connectivity index (χ0n) is 17.1. The molecule has 0 bridgehead atoms. The fourth-order valence-corrected chi connectivity index (χ4v) is 5.38. The molecule has 3 rings (SSSR count). The van der Waals surface area contributed by atoms with Crippen molar-refractivity contribution in [3.63, 3.8) is 0 Å². The van der Waals surface area contributed by atoms with Gasteiger partial charge in [0, 0.05) is 45.4 Å². The quantitative estimate of drug-likeness (QED) is 0.603. The van der Waals surface area contributed by atoms with E-state index in [4.69, 9.17) is 4.74 Å². The molecule has 1 aromatic carbocycles. The lowest BCUT2D eigenvalue weighted by molar-refractivity contribution is -0.126. The first-order valence-electron chi connectivity index (χ1n) is 10.2. The van der Waals surface area contributed by atoms with E-state index in [2.05, 4.69) is 5.32 Å². The highest BCUT2D eigenvalue weighted by atomic mass is 32.2. The van der Waals surface area contributed by atoms with E-state index in [1.54, 1.807) is 17.0 Å². The molecule has 2 heterocycles. The fourth-order valence-electron chi connectivity index (χ4n) is 3.86. The van der Waals surface area contributed by atoms with Crippen molar-refractivity contribution in [1.82, 2.24) is 9.62 Å². The van der Waals surface area contributed by atoms with Crippen molar-refractivity contribution in [2.24, 2.45) is 5.92 Å². The summed E-state index contributed by atoms with van der Waals surface area (Å²) >= 11 is 0. The molecule has 10 heteroatoms. The first kappa shape index (κ1) is 22.7. The Kier molecular flexibility index (Phi) is 7.45. The predicted molar refractivity (Wildman–Crippen MR) is 110 cm³/mol. The van der Waals surface area contributed by atoms with Crippen LogP contribution in [-0.4, -0.2) is 75.6 Å². The Bertz CT molecular complexity index is 858. The van der Waals surface area contributed by atoms with Gasteiger partial charge in [0.15, 0.2) is 0 Å². The minimum absolute atomic E-state index is 0.0473. The van der Waals surface area contributed by atoms with Crippen molar-refractivity contribution >= 4 is 27.5 Å². The smallest absolute Gasteiger partial charge is 0.243 e. The molecular weight excluding hydrogens is 410 g/mol. The Balaban J connectivity index is 1.64. The van der Waals surface area contributed by atoms with E-state index >= 15 is 0 Å². The summed E-state index contributed by atoms with van der Waals surface area (Å²) < 4.78 is 32.3. The van der Waals surface area contributed by atoms with Crippen molar-refractivity contribution in [1.29, 1.82) is 0 Å². The van der Waals surface area contributed by atoms with Gasteiger partial charge in [0.05, 0.1) is 23.5 Å². The van der Waals surface area contributed by atoms with E-state index < -0.39 is 22.0 Å². The highest BCUT2D eigenvalue weighted by Crippen LogP contribution is 2.27. The first-order valence-corrected chi connectivity index (χ1v) is 11.6. The largest absolute Gasteiger partial charge is 0.389 e. The van der Waals surface area contributed by atoms with Gasteiger partial charge in [-0.25, -0.2) is 8.42 Å². The third-order valence-electron chi connectivity index (χ3n) is 5.49. The first-order chi connectivity index (χ1) is 14.3. The summed E-state index contributed by atoms with van der Waals surface area (Å²) in [5.41, 5.74) is 0.696. The van der Waals surface area contributed by atoms with Crippen LogP contribution in [0.5, 0.6) is 0 Å². The number of carbonyl (C=O) groups is 2. The van der Waals surface area contributed by atoms with Crippen LogP contribution in [0.2, 0.25) is 0 Å². The van der Waals surface area contributed by atoms with E-state index in [0.29, 0.717) is 38.0 Å². The van der Waals surface area contributed by atoms with Gasteiger partial charge in [-0.3, -0.25) is 9.59 Å². The van der Waals surface area contributed by atoms with Gasteiger partial charge in [-0.2, -0.15) is 4.31 Å².